The molecule has 0 saturated heterocycles. The fraction of sp³-hybridized carbons (Fsp3) is 0.385. The Labute approximate surface area is 81.4 Å². The van der Waals surface area contributed by atoms with Crippen LogP contribution in [0, 0.1) is 0 Å². The van der Waals surface area contributed by atoms with Crippen LogP contribution in [0.25, 0.3) is 0 Å². The van der Waals surface area contributed by atoms with E-state index in [9.17, 15) is 0 Å². The number of hydrogen-bond acceptors (Lipinski definition) is 0. The first-order valence-electron chi connectivity index (χ1n) is 5.13. The molecule has 0 radical (unpaired) electrons. The molecule has 1 aliphatic carbocycles. The largest absolute Gasteiger partial charge is 0.0885 e. The van der Waals surface area contributed by atoms with Crippen molar-refractivity contribution in [3.63, 3.8) is 0 Å². The lowest BCUT2D eigenvalue weighted by molar-refractivity contribution is 0.863. The highest BCUT2D eigenvalue weighted by Gasteiger charge is 1.81. The Morgan fingerprint density at radius 2 is 1.00 bits per heavy atom. The summed E-state index contributed by atoms with van der Waals surface area (Å²) in [6, 6.07) is 0. The zero-order valence-electron chi connectivity index (χ0n) is 8.15. The first-order valence-corrected chi connectivity index (χ1v) is 5.13. The van der Waals surface area contributed by atoms with E-state index in [-0.39, 0.29) is 0 Å². The van der Waals surface area contributed by atoms with Crippen LogP contribution in [0.4, 0.5) is 0 Å². The highest BCUT2D eigenvalue weighted by Crippen LogP contribution is 2.01. The number of allylic oxidation sites excluding steroid dienone is 8. The maximum Gasteiger partial charge on any atom is -0.0313 e. The fourth-order valence-electron chi connectivity index (χ4n) is 1.26. The van der Waals surface area contributed by atoms with Crippen molar-refractivity contribution < 1.29 is 0 Å². The third-order valence-electron chi connectivity index (χ3n) is 2.01. The van der Waals surface area contributed by atoms with Crippen LogP contribution in [0.5, 0.6) is 0 Å². The first-order chi connectivity index (χ1) is 6.50. The normalized spacial score (nSPS) is 28.9. The average Bonchev–Trinajstić information content (AvgIpc) is 2.18. The minimum atomic E-state index is 1.16. The molecule has 70 valence electrons. The van der Waals surface area contributed by atoms with Crippen molar-refractivity contribution >= 4 is 0 Å². The summed E-state index contributed by atoms with van der Waals surface area (Å²) >= 11 is 0. The molecule has 0 amide bonds. The molecule has 0 heterocycles. The van der Waals surface area contributed by atoms with Gasteiger partial charge in [-0.05, 0) is 32.1 Å². The predicted molar refractivity (Wildman–Crippen MR) is 59.6 cm³/mol. The van der Waals surface area contributed by atoms with Crippen molar-refractivity contribution in [1.82, 2.24) is 0 Å². The summed E-state index contributed by atoms with van der Waals surface area (Å²) in [4.78, 5) is 0. The van der Waals surface area contributed by atoms with E-state index < -0.39 is 0 Å². The smallest absolute Gasteiger partial charge is 0.0313 e. The third-order valence-corrected chi connectivity index (χ3v) is 2.01. The van der Waals surface area contributed by atoms with Crippen molar-refractivity contribution in [3.8, 4) is 0 Å². The number of hydrogen-bond donors (Lipinski definition) is 0. The zero-order valence-corrected chi connectivity index (χ0v) is 8.15. The minimum Gasteiger partial charge on any atom is -0.0885 e. The molecule has 0 aromatic rings. The number of rotatable bonds is 0. The Kier molecular flexibility index (Phi) is 5.87. The lowest BCUT2D eigenvalue weighted by Gasteiger charge is -1.89. The molecule has 0 aromatic carbocycles. The summed E-state index contributed by atoms with van der Waals surface area (Å²) in [6.45, 7) is 0. The van der Waals surface area contributed by atoms with Gasteiger partial charge in [0.05, 0.1) is 0 Å². The van der Waals surface area contributed by atoms with E-state index in [4.69, 9.17) is 0 Å². The Balaban J connectivity index is 2.38. The molecule has 0 atom stereocenters. The highest BCUT2D eigenvalue weighted by atomic mass is 13.9. The molecule has 0 aliphatic heterocycles. The van der Waals surface area contributed by atoms with Gasteiger partial charge in [-0.15, -0.1) is 0 Å². The zero-order chi connectivity index (χ0) is 9.19. The van der Waals surface area contributed by atoms with Crippen LogP contribution in [0.1, 0.15) is 32.1 Å². The molecule has 13 heavy (non-hydrogen) atoms. The molecule has 0 bridgehead atoms. The quantitative estimate of drug-likeness (QED) is 0.483. The van der Waals surface area contributed by atoms with Crippen LogP contribution in [0.3, 0.4) is 0 Å². The monoisotopic (exact) mass is 174 g/mol. The molecule has 1 rings (SSSR count). The minimum absolute atomic E-state index is 1.16. The van der Waals surface area contributed by atoms with E-state index >= 15 is 0 Å². The van der Waals surface area contributed by atoms with Crippen molar-refractivity contribution in [1.29, 1.82) is 0 Å². The Morgan fingerprint density at radius 1 is 0.462 bits per heavy atom. The van der Waals surface area contributed by atoms with Gasteiger partial charge in [-0.2, -0.15) is 0 Å². The molecule has 0 aromatic heterocycles. The average molecular weight is 174 g/mol. The molecule has 0 nitrogen and oxygen atoms in total. The van der Waals surface area contributed by atoms with Crippen LogP contribution >= 0.6 is 0 Å². The van der Waals surface area contributed by atoms with Gasteiger partial charge < -0.3 is 0 Å². The van der Waals surface area contributed by atoms with Gasteiger partial charge in [0.2, 0.25) is 0 Å². The van der Waals surface area contributed by atoms with Gasteiger partial charge in [-0.25, -0.2) is 0 Å². The highest BCUT2D eigenvalue weighted by molar-refractivity contribution is 5.11. The lowest BCUT2D eigenvalue weighted by Crippen LogP contribution is -1.69. The van der Waals surface area contributed by atoms with E-state index in [1.165, 1.54) is 25.7 Å². The standard InChI is InChI=1S/C13H18/c1-2-4-6-8-10-12-13-11-9-7-5-3-1/h1-6,11,13H,7-10,12H2/b2-1-,5-3-,6-4-,13-11-. The van der Waals surface area contributed by atoms with Crippen molar-refractivity contribution in [2.24, 2.45) is 0 Å². The molecule has 0 spiro atoms. The topological polar surface area (TPSA) is 0 Å². The summed E-state index contributed by atoms with van der Waals surface area (Å²) in [5.41, 5.74) is 0. The van der Waals surface area contributed by atoms with Gasteiger partial charge in [0.1, 0.15) is 0 Å². The molecular weight excluding hydrogens is 156 g/mol. The molecule has 1 aliphatic rings. The van der Waals surface area contributed by atoms with E-state index in [0.29, 0.717) is 0 Å². The lowest BCUT2D eigenvalue weighted by atomic mass is 10.2. The summed E-state index contributed by atoms with van der Waals surface area (Å²) in [6.07, 6.45) is 23.5. The van der Waals surface area contributed by atoms with E-state index in [1.807, 2.05) is 0 Å². The fourth-order valence-corrected chi connectivity index (χ4v) is 1.26. The van der Waals surface area contributed by atoms with Crippen molar-refractivity contribution in [2.75, 3.05) is 0 Å². The molecule has 0 saturated carbocycles. The summed E-state index contributed by atoms with van der Waals surface area (Å²) < 4.78 is 0. The Morgan fingerprint density at radius 3 is 1.85 bits per heavy atom. The predicted octanol–water partition coefficient (Wildman–Crippen LogP) is 4.18. The second kappa shape index (κ2) is 7.60. The van der Waals surface area contributed by atoms with Crippen LogP contribution < -0.4 is 0 Å². The van der Waals surface area contributed by atoms with E-state index in [0.717, 1.165) is 6.42 Å². The van der Waals surface area contributed by atoms with Gasteiger partial charge >= 0.3 is 0 Å². The van der Waals surface area contributed by atoms with Crippen LogP contribution in [-0.4, -0.2) is 0 Å². The molecule has 0 heteroatoms. The van der Waals surface area contributed by atoms with Gasteiger partial charge in [-0.3, -0.25) is 0 Å². The second-order valence-corrected chi connectivity index (χ2v) is 3.22. The van der Waals surface area contributed by atoms with Crippen LogP contribution in [-0.2, 0) is 0 Å². The SMILES string of the molecule is C1=C\C=C/CCC/C=C\CC\C=C/1. The molecular formula is C13H18. The van der Waals surface area contributed by atoms with Crippen molar-refractivity contribution in [2.45, 2.75) is 32.1 Å². The van der Waals surface area contributed by atoms with E-state index in [1.54, 1.807) is 0 Å². The van der Waals surface area contributed by atoms with E-state index in [2.05, 4.69) is 48.6 Å². The van der Waals surface area contributed by atoms with Crippen molar-refractivity contribution in [3.05, 3.63) is 48.6 Å². The Bertz CT molecular complexity index is 216. The molecule has 0 unspecified atom stereocenters. The van der Waals surface area contributed by atoms with Gasteiger partial charge in [0.25, 0.3) is 0 Å². The first kappa shape index (κ1) is 10.0. The molecule has 0 fully saturated rings. The molecule has 0 N–H and O–H groups in total. The third kappa shape index (κ3) is 6.15. The Hall–Kier alpha value is -1.04. The van der Waals surface area contributed by atoms with Crippen LogP contribution in [0.2, 0.25) is 0 Å². The summed E-state index contributed by atoms with van der Waals surface area (Å²) in [5.74, 6) is 0. The summed E-state index contributed by atoms with van der Waals surface area (Å²) in [7, 11) is 0. The maximum absolute atomic E-state index is 2.30. The van der Waals surface area contributed by atoms with Gasteiger partial charge in [0, 0.05) is 0 Å². The van der Waals surface area contributed by atoms with Crippen LogP contribution in [0.15, 0.2) is 48.6 Å². The summed E-state index contributed by atoms with van der Waals surface area (Å²) in [5, 5.41) is 0. The maximum atomic E-state index is 2.30. The van der Waals surface area contributed by atoms with Gasteiger partial charge in [0.15, 0.2) is 0 Å². The second-order valence-electron chi connectivity index (χ2n) is 3.22. The van der Waals surface area contributed by atoms with Gasteiger partial charge in [-0.1, -0.05) is 48.6 Å².